The first-order chi connectivity index (χ1) is 12.8. The largest absolute Gasteiger partial charge is 0.433 e. The molecule has 3 heterocycles. The molecule has 0 bridgehead atoms. The summed E-state index contributed by atoms with van der Waals surface area (Å²) in [6.45, 7) is 2.66. The van der Waals surface area contributed by atoms with Gasteiger partial charge in [-0.3, -0.25) is 4.79 Å². The van der Waals surface area contributed by atoms with E-state index in [0.29, 0.717) is 30.9 Å². The molecule has 1 aliphatic carbocycles. The number of aromatic nitrogens is 3. The molecule has 27 heavy (non-hydrogen) atoms. The van der Waals surface area contributed by atoms with Crippen molar-refractivity contribution in [3.8, 4) is 0 Å². The predicted molar refractivity (Wildman–Crippen MR) is 93.1 cm³/mol. The van der Waals surface area contributed by atoms with E-state index in [2.05, 4.69) is 22.2 Å². The molecule has 1 aliphatic heterocycles. The predicted octanol–water partition coefficient (Wildman–Crippen LogP) is 3.73. The summed E-state index contributed by atoms with van der Waals surface area (Å²) in [5.74, 6) is 0.114. The summed E-state index contributed by atoms with van der Waals surface area (Å²) in [5, 5.41) is 4.19. The Balaban J connectivity index is 1.57. The molecule has 144 valence electrons. The second-order valence-electron chi connectivity index (χ2n) is 7.37. The minimum absolute atomic E-state index is 0.0240. The van der Waals surface area contributed by atoms with Gasteiger partial charge in [0.2, 0.25) is 5.91 Å². The third kappa shape index (κ3) is 3.44. The van der Waals surface area contributed by atoms with E-state index >= 15 is 0 Å². The van der Waals surface area contributed by atoms with E-state index in [1.54, 1.807) is 6.07 Å². The number of likely N-dealkylation sites (tertiary alicyclic amines) is 1. The van der Waals surface area contributed by atoms with Crippen LogP contribution < -0.4 is 0 Å². The number of alkyl halides is 3. The quantitative estimate of drug-likeness (QED) is 0.749. The monoisotopic (exact) mass is 378 g/mol. The molecule has 0 radical (unpaired) electrons. The van der Waals surface area contributed by atoms with Crippen molar-refractivity contribution in [2.24, 2.45) is 5.92 Å². The Bertz CT molecular complexity index is 902. The highest BCUT2D eigenvalue weighted by molar-refractivity contribution is 5.79. The summed E-state index contributed by atoms with van der Waals surface area (Å²) in [5.41, 5.74) is 0.239. The number of amides is 1. The van der Waals surface area contributed by atoms with Gasteiger partial charge >= 0.3 is 6.18 Å². The van der Waals surface area contributed by atoms with Crippen LogP contribution in [0, 0.1) is 12.8 Å². The molecule has 2 atom stereocenters. The Labute approximate surface area is 154 Å². The lowest BCUT2D eigenvalue weighted by Gasteiger charge is -2.24. The van der Waals surface area contributed by atoms with Crippen LogP contribution >= 0.6 is 0 Å². The fourth-order valence-corrected chi connectivity index (χ4v) is 4.00. The van der Waals surface area contributed by atoms with Gasteiger partial charge in [-0.15, -0.1) is 0 Å². The summed E-state index contributed by atoms with van der Waals surface area (Å²) < 4.78 is 40.8. The number of halogens is 3. The smallest absolute Gasteiger partial charge is 0.342 e. The van der Waals surface area contributed by atoms with E-state index < -0.39 is 11.9 Å². The van der Waals surface area contributed by atoms with Gasteiger partial charge < -0.3 is 4.90 Å². The van der Waals surface area contributed by atoms with E-state index in [1.807, 2.05) is 4.90 Å². The third-order valence-corrected chi connectivity index (χ3v) is 5.40. The number of hydrogen-bond acceptors (Lipinski definition) is 3. The number of rotatable bonds is 2. The van der Waals surface area contributed by atoms with Gasteiger partial charge in [-0.05, 0) is 38.7 Å². The molecule has 0 N–H and O–H groups in total. The van der Waals surface area contributed by atoms with Crippen molar-refractivity contribution in [3.05, 3.63) is 41.4 Å². The van der Waals surface area contributed by atoms with Crippen molar-refractivity contribution in [2.45, 2.75) is 44.7 Å². The molecule has 2 aromatic rings. The number of allylic oxidation sites excluding steroid dienone is 2. The van der Waals surface area contributed by atoms with Crippen molar-refractivity contribution < 1.29 is 18.0 Å². The highest BCUT2D eigenvalue weighted by Crippen LogP contribution is 2.33. The molecule has 0 saturated carbocycles. The Hall–Kier alpha value is -2.38. The summed E-state index contributed by atoms with van der Waals surface area (Å²) in [4.78, 5) is 18.7. The Morgan fingerprint density at radius 2 is 2.04 bits per heavy atom. The minimum atomic E-state index is -4.50. The standard InChI is InChI=1S/C19H21F3N4O/c1-12-9-16(19(20,21)22)26-17(23-12)10-15(24-26)14-7-8-25(11-14)18(27)13-5-3-2-4-6-13/h2-3,9-10,13-14H,4-8,11H2,1H3. The summed E-state index contributed by atoms with van der Waals surface area (Å²) in [6, 6.07) is 2.62. The van der Waals surface area contributed by atoms with E-state index in [-0.39, 0.29) is 23.4 Å². The molecule has 4 rings (SSSR count). The summed E-state index contributed by atoms with van der Waals surface area (Å²) in [6.07, 6.45) is 2.91. The lowest BCUT2D eigenvalue weighted by molar-refractivity contribution is -0.142. The normalized spacial score (nSPS) is 23.3. The van der Waals surface area contributed by atoms with Gasteiger partial charge in [-0.25, -0.2) is 9.50 Å². The molecule has 0 aromatic carbocycles. The number of nitrogens with zero attached hydrogens (tertiary/aromatic N) is 4. The van der Waals surface area contributed by atoms with Crippen LogP contribution in [0.1, 0.15) is 48.7 Å². The zero-order chi connectivity index (χ0) is 19.2. The molecule has 2 aromatic heterocycles. The topological polar surface area (TPSA) is 50.5 Å². The van der Waals surface area contributed by atoms with Crippen molar-refractivity contribution >= 4 is 11.6 Å². The first-order valence-electron chi connectivity index (χ1n) is 9.21. The Morgan fingerprint density at radius 3 is 2.74 bits per heavy atom. The van der Waals surface area contributed by atoms with Crippen LogP contribution in [-0.4, -0.2) is 38.5 Å². The van der Waals surface area contributed by atoms with Crippen molar-refractivity contribution in [1.82, 2.24) is 19.5 Å². The molecule has 1 amide bonds. The van der Waals surface area contributed by atoms with Crippen molar-refractivity contribution in [3.63, 3.8) is 0 Å². The maximum atomic E-state index is 13.3. The van der Waals surface area contributed by atoms with Gasteiger partial charge in [0, 0.05) is 36.7 Å². The van der Waals surface area contributed by atoms with Gasteiger partial charge in [0.05, 0.1) is 5.69 Å². The molecule has 0 spiro atoms. The van der Waals surface area contributed by atoms with Crippen molar-refractivity contribution in [2.75, 3.05) is 13.1 Å². The van der Waals surface area contributed by atoms with Gasteiger partial charge in [0.25, 0.3) is 0 Å². The number of carbonyl (C=O) groups is 1. The van der Waals surface area contributed by atoms with Gasteiger partial charge in [-0.2, -0.15) is 18.3 Å². The lowest BCUT2D eigenvalue weighted by Crippen LogP contribution is -2.34. The number of carbonyl (C=O) groups excluding carboxylic acids is 1. The van der Waals surface area contributed by atoms with Crippen LogP contribution in [0.25, 0.3) is 5.65 Å². The minimum Gasteiger partial charge on any atom is -0.342 e. The first-order valence-corrected chi connectivity index (χ1v) is 9.21. The fourth-order valence-electron chi connectivity index (χ4n) is 4.00. The van der Waals surface area contributed by atoms with Crippen LogP contribution in [0.3, 0.4) is 0 Å². The van der Waals surface area contributed by atoms with Crippen LogP contribution in [0.5, 0.6) is 0 Å². The third-order valence-electron chi connectivity index (χ3n) is 5.40. The molecule has 5 nitrogen and oxygen atoms in total. The molecule has 2 unspecified atom stereocenters. The summed E-state index contributed by atoms with van der Waals surface area (Å²) >= 11 is 0. The van der Waals surface area contributed by atoms with Crippen LogP contribution in [0.4, 0.5) is 13.2 Å². The average molecular weight is 378 g/mol. The molecule has 1 fully saturated rings. The molecule has 8 heteroatoms. The maximum absolute atomic E-state index is 13.3. The highest BCUT2D eigenvalue weighted by atomic mass is 19.4. The molecular weight excluding hydrogens is 357 g/mol. The summed E-state index contributed by atoms with van der Waals surface area (Å²) in [7, 11) is 0. The van der Waals surface area contributed by atoms with E-state index in [0.717, 1.165) is 29.8 Å². The maximum Gasteiger partial charge on any atom is 0.433 e. The second-order valence-corrected chi connectivity index (χ2v) is 7.37. The van der Waals surface area contributed by atoms with E-state index in [4.69, 9.17) is 0 Å². The van der Waals surface area contributed by atoms with Crippen LogP contribution in [-0.2, 0) is 11.0 Å². The van der Waals surface area contributed by atoms with E-state index in [9.17, 15) is 18.0 Å². The van der Waals surface area contributed by atoms with Gasteiger partial charge in [-0.1, -0.05) is 12.2 Å². The van der Waals surface area contributed by atoms with Gasteiger partial charge in [0.1, 0.15) is 5.69 Å². The molecule has 1 saturated heterocycles. The Morgan fingerprint density at radius 1 is 1.22 bits per heavy atom. The molecule has 2 aliphatic rings. The highest BCUT2D eigenvalue weighted by Gasteiger charge is 2.36. The van der Waals surface area contributed by atoms with Crippen LogP contribution in [0.15, 0.2) is 24.3 Å². The second kappa shape index (κ2) is 6.65. The fraction of sp³-hybridized carbons (Fsp3) is 0.526. The zero-order valence-electron chi connectivity index (χ0n) is 15.0. The van der Waals surface area contributed by atoms with Crippen LogP contribution in [0.2, 0.25) is 0 Å². The molecular formula is C19H21F3N4O. The SMILES string of the molecule is Cc1cc(C(F)(F)F)n2nc(C3CCN(C(=O)C4CC=CCC4)C3)cc2n1. The zero-order valence-corrected chi connectivity index (χ0v) is 15.0. The van der Waals surface area contributed by atoms with Crippen molar-refractivity contribution in [1.29, 1.82) is 0 Å². The number of hydrogen-bond donors (Lipinski definition) is 0. The van der Waals surface area contributed by atoms with Gasteiger partial charge in [0.15, 0.2) is 5.65 Å². The number of fused-ring (bicyclic) bond motifs is 1. The first kappa shape index (κ1) is 18.0. The number of aryl methyl sites for hydroxylation is 1. The Kier molecular flexibility index (Phi) is 4.44. The lowest BCUT2D eigenvalue weighted by atomic mass is 9.93. The van der Waals surface area contributed by atoms with E-state index in [1.165, 1.54) is 6.92 Å². The average Bonchev–Trinajstić information content (AvgIpc) is 3.27.